The fraction of sp³-hybridized carbons (Fsp3) is 0.762. The number of aryl methyl sites for hydroxylation is 1. The molecule has 0 aromatic carbocycles. The molecule has 0 saturated carbocycles. The first-order valence-corrected chi connectivity index (χ1v) is 12.7. The van der Waals surface area contributed by atoms with Crippen LogP contribution in [0.25, 0.3) is 0 Å². The summed E-state index contributed by atoms with van der Waals surface area (Å²) in [4.78, 5) is 10.3. The van der Waals surface area contributed by atoms with Crippen LogP contribution in [0, 0.1) is 6.92 Å². The molecule has 2 aliphatic rings. The Morgan fingerprint density at radius 1 is 1.21 bits per heavy atom. The quantitative estimate of drug-likeness (QED) is 0.479. The van der Waals surface area contributed by atoms with Crippen molar-refractivity contribution in [1.82, 2.24) is 15.5 Å². The number of guanidine groups is 1. The van der Waals surface area contributed by atoms with Crippen molar-refractivity contribution in [2.45, 2.75) is 37.5 Å². The Morgan fingerprint density at radius 2 is 1.93 bits per heavy atom. The van der Waals surface area contributed by atoms with E-state index in [-0.39, 0.29) is 4.75 Å². The molecule has 2 saturated heterocycles. The maximum atomic E-state index is 5.58. The van der Waals surface area contributed by atoms with Crippen molar-refractivity contribution in [1.29, 1.82) is 0 Å². The summed E-state index contributed by atoms with van der Waals surface area (Å²) in [5, 5.41) is 7.07. The molecule has 1 unspecified atom stereocenters. The van der Waals surface area contributed by atoms with Crippen molar-refractivity contribution in [3.63, 3.8) is 0 Å². The first-order chi connectivity index (χ1) is 14.2. The standard InChI is InChI=1S/C21H36N4O2S2/c1-4-22-20(24-16-21(28-3)7-11-26-12-8-21)23-15-18(19-6-5-17(2)29-19)25-9-13-27-14-10-25/h5-6,18H,4,7-16H2,1-3H3,(H2,22,23,24). The van der Waals surface area contributed by atoms with Crippen LogP contribution in [0.15, 0.2) is 17.1 Å². The van der Waals surface area contributed by atoms with Gasteiger partial charge in [-0.15, -0.1) is 11.3 Å². The molecule has 0 bridgehead atoms. The van der Waals surface area contributed by atoms with Crippen LogP contribution in [0.1, 0.15) is 35.6 Å². The van der Waals surface area contributed by atoms with Crippen LogP contribution in [0.4, 0.5) is 0 Å². The third-order valence-corrected chi connectivity index (χ3v) is 8.25. The average Bonchev–Trinajstić information content (AvgIpc) is 3.19. The highest BCUT2D eigenvalue weighted by Gasteiger charge is 2.31. The molecule has 6 nitrogen and oxygen atoms in total. The van der Waals surface area contributed by atoms with Gasteiger partial charge >= 0.3 is 0 Å². The van der Waals surface area contributed by atoms with E-state index in [0.717, 1.165) is 78.0 Å². The van der Waals surface area contributed by atoms with Crippen LogP contribution in [0.3, 0.4) is 0 Å². The van der Waals surface area contributed by atoms with E-state index in [9.17, 15) is 0 Å². The number of rotatable bonds is 8. The fourth-order valence-electron chi connectivity index (χ4n) is 3.86. The van der Waals surface area contributed by atoms with Gasteiger partial charge in [0.25, 0.3) is 0 Å². The first-order valence-electron chi connectivity index (χ1n) is 10.7. The predicted molar refractivity (Wildman–Crippen MR) is 124 cm³/mol. The monoisotopic (exact) mass is 440 g/mol. The van der Waals surface area contributed by atoms with Crippen LogP contribution >= 0.6 is 23.1 Å². The molecule has 0 amide bonds. The highest BCUT2D eigenvalue weighted by molar-refractivity contribution is 8.00. The topological polar surface area (TPSA) is 58.1 Å². The highest BCUT2D eigenvalue weighted by atomic mass is 32.2. The lowest BCUT2D eigenvalue weighted by Gasteiger charge is -2.35. The van der Waals surface area contributed by atoms with E-state index < -0.39 is 0 Å². The molecule has 0 spiro atoms. The number of hydrogen-bond acceptors (Lipinski definition) is 6. The molecule has 2 fully saturated rings. The minimum atomic E-state index is 0.203. The normalized spacial score (nSPS) is 21.7. The number of nitrogens with zero attached hydrogens (tertiary/aromatic N) is 2. The minimum absolute atomic E-state index is 0.203. The lowest BCUT2D eigenvalue weighted by atomic mass is 9.99. The zero-order valence-electron chi connectivity index (χ0n) is 18.0. The third-order valence-electron chi connectivity index (χ3n) is 5.75. The van der Waals surface area contributed by atoms with Gasteiger partial charge in [-0.3, -0.25) is 9.89 Å². The number of ether oxygens (including phenoxy) is 2. The number of morpholine rings is 1. The molecule has 1 aromatic rings. The molecule has 2 aliphatic heterocycles. The largest absolute Gasteiger partial charge is 0.381 e. The highest BCUT2D eigenvalue weighted by Crippen LogP contribution is 2.34. The zero-order valence-corrected chi connectivity index (χ0v) is 19.7. The molecular weight excluding hydrogens is 404 g/mol. The first kappa shape index (κ1) is 22.9. The number of hydrogen-bond donors (Lipinski definition) is 2. The molecule has 29 heavy (non-hydrogen) atoms. The lowest BCUT2D eigenvalue weighted by molar-refractivity contribution is 0.0177. The molecule has 0 radical (unpaired) electrons. The van der Waals surface area contributed by atoms with Gasteiger partial charge in [-0.25, -0.2) is 0 Å². The van der Waals surface area contributed by atoms with E-state index in [1.54, 1.807) is 0 Å². The SMILES string of the molecule is CCNC(=NCC1(SC)CCOCC1)NCC(c1ccc(C)s1)N1CCOCC1. The summed E-state index contributed by atoms with van der Waals surface area (Å²) in [6, 6.07) is 4.84. The van der Waals surface area contributed by atoms with Crippen LogP contribution in [-0.4, -0.2) is 81.0 Å². The van der Waals surface area contributed by atoms with E-state index in [0.29, 0.717) is 6.04 Å². The Bertz CT molecular complexity index is 640. The van der Waals surface area contributed by atoms with E-state index in [1.807, 2.05) is 23.1 Å². The van der Waals surface area contributed by atoms with Gasteiger partial charge in [0.1, 0.15) is 0 Å². The summed E-state index contributed by atoms with van der Waals surface area (Å²) in [5.74, 6) is 0.916. The molecule has 0 aliphatic carbocycles. The van der Waals surface area contributed by atoms with Gasteiger partial charge < -0.3 is 20.1 Å². The van der Waals surface area contributed by atoms with Gasteiger partial charge in [-0.1, -0.05) is 0 Å². The van der Waals surface area contributed by atoms with Crippen molar-refractivity contribution in [3.05, 3.63) is 21.9 Å². The minimum Gasteiger partial charge on any atom is -0.381 e. The second kappa shape index (κ2) is 11.6. The summed E-state index contributed by atoms with van der Waals surface area (Å²) in [6.07, 6.45) is 4.35. The van der Waals surface area contributed by atoms with Crippen molar-refractivity contribution >= 4 is 29.1 Å². The molecule has 2 N–H and O–H groups in total. The number of nitrogens with one attached hydrogen (secondary N) is 2. The summed E-state index contributed by atoms with van der Waals surface area (Å²) < 4.78 is 11.4. The summed E-state index contributed by atoms with van der Waals surface area (Å²) in [5.41, 5.74) is 0. The second-order valence-corrected chi connectivity index (χ2v) is 10.3. The number of thiophene rings is 1. The Hall–Kier alpha value is -0.800. The number of aliphatic imine (C=N–C) groups is 1. The van der Waals surface area contributed by atoms with Gasteiger partial charge in [0.2, 0.25) is 0 Å². The van der Waals surface area contributed by atoms with E-state index in [4.69, 9.17) is 14.5 Å². The molecule has 164 valence electrons. The molecule has 1 aromatic heterocycles. The number of thioether (sulfide) groups is 1. The smallest absolute Gasteiger partial charge is 0.191 e. The molecule has 3 rings (SSSR count). The maximum Gasteiger partial charge on any atom is 0.191 e. The van der Waals surface area contributed by atoms with Crippen molar-refractivity contribution in [2.75, 3.05) is 65.4 Å². The summed E-state index contributed by atoms with van der Waals surface area (Å²) in [7, 11) is 0. The van der Waals surface area contributed by atoms with Gasteiger partial charge in [-0.05, 0) is 45.1 Å². The van der Waals surface area contributed by atoms with Gasteiger partial charge in [0.15, 0.2) is 5.96 Å². The van der Waals surface area contributed by atoms with E-state index >= 15 is 0 Å². The van der Waals surface area contributed by atoms with Gasteiger partial charge in [0.05, 0.1) is 25.8 Å². The van der Waals surface area contributed by atoms with Crippen molar-refractivity contribution in [3.8, 4) is 0 Å². The Balaban J connectivity index is 1.67. The fourth-order valence-corrected chi connectivity index (χ4v) is 5.64. The maximum absolute atomic E-state index is 5.58. The molecule has 8 heteroatoms. The van der Waals surface area contributed by atoms with Crippen molar-refractivity contribution < 1.29 is 9.47 Å². The van der Waals surface area contributed by atoms with Crippen molar-refractivity contribution in [2.24, 2.45) is 4.99 Å². The van der Waals surface area contributed by atoms with E-state index in [1.165, 1.54) is 9.75 Å². The molecule has 3 heterocycles. The lowest BCUT2D eigenvalue weighted by Crippen LogP contribution is -2.46. The van der Waals surface area contributed by atoms with Crippen LogP contribution in [0.5, 0.6) is 0 Å². The zero-order chi connectivity index (χ0) is 20.5. The second-order valence-electron chi connectivity index (χ2n) is 7.69. The Kier molecular flexibility index (Phi) is 9.11. The molecule has 1 atom stereocenters. The average molecular weight is 441 g/mol. The van der Waals surface area contributed by atoms with E-state index in [2.05, 4.69) is 47.8 Å². The Morgan fingerprint density at radius 3 is 2.55 bits per heavy atom. The summed E-state index contributed by atoms with van der Waals surface area (Å²) >= 11 is 3.83. The molecular formula is C21H36N4O2S2. The Labute approximate surface area is 183 Å². The summed E-state index contributed by atoms with van der Waals surface area (Å²) in [6.45, 7) is 12.1. The van der Waals surface area contributed by atoms with Crippen LogP contribution in [-0.2, 0) is 9.47 Å². The van der Waals surface area contributed by atoms with Gasteiger partial charge in [0, 0.05) is 53.9 Å². The van der Waals surface area contributed by atoms with Gasteiger partial charge in [-0.2, -0.15) is 11.8 Å². The third kappa shape index (κ3) is 6.59. The van der Waals surface area contributed by atoms with Crippen LogP contribution in [0.2, 0.25) is 0 Å². The predicted octanol–water partition coefficient (Wildman–Crippen LogP) is 2.90. The van der Waals surface area contributed by atoms with Crippen LogP contribution < -0.4 is 10.6 Å².